The maximum absolute atomic E-state index is 13.4. The molecule has 2 aromatic rings. The first kappa shape index (κ1) is 19.0. The van der Waals surface area contributed by atoms with Crippen LogP contribution in [0.2, 0.25) is 0 Å². The number of hydrogen-bond donors (Lipinski definition) is 1. The molecule has 2 aliphatic rings. The number of benzene rings is 1. The first-order valence-electron chi connectivity index (χ1n) is 10.5. The number of para-hydroxylation sites is 1. The van der Waals surface area contributed by atoms with Crippen molar-refractivity contribution in [3.05, 3.63) is 47.8 Å². The van der Waals surface area contributed by atoms with E-state index < -0.39 is 0 Å². The van der Waals surface area contributed by atoms with Crippen molar-refractivity contribution in [2.24, 2.45) is 0 Å². The van der Waals surface area contributed by atoms with E-state index in [0.29, 0.717) is 24.3 Å². The van der Waals surface area contributed by atoms with Gasteiger partial charge in [0.15, 0.2) is 0 Å². The van der Waals surface area contributed by atoms with Gasteiger partial charge in [-0.1, -0.05) is 25.1 Å². The van der Waals surface area contributed by atoms with E-state index in [2.05, 4.69) is 53.6 Å². The average molecular weight is 382 g/mol. The summed E-state index contributed by atoms with van der Waals surface area (Å²) in [6, 6.07) is 11.2. The molecule has 3 heterocycles. The van der Waals surface area contributed by atoms with Crippen molar-refractivity contribution in [2.75, 3.05) is 25.5 Å². The van der Waals surface area contributed by atoms with E-state index in [9.17, 15) is 4.79 Å². The number of anilines is 1. The molecule has 4 rings (SSSR count). The molecule has 0 saturated carbocycles. The Morgan fingerprint density at radius 2 is 2.00 bits per heavy atom. The lowest BCUT2D eigenvalue weighted by Crippen LogP contribution is -2.43. The Morgan fingerprint density at radius 1 is 1.18 bits per heavy atom. The van der Waals surface area contributed by atoms with Crippen LogP contribution >= 0.6 is 0 Å². The van der Waals surface area contributed by atoms with Crippen LogP contribution in [0, 0.1) is 0 Å². The van der Waals surface area contributed by atoms with Crippen LogP contribution in [0.5, 0.6) is 0 Å². The van der Waals surface area contributed by atoms with E-state index in [0.717, 1.165) is 44.6 Å². The van der Waals surface area contributed by atoms with E-state index in [1.54, 1.807) is 0 Å². The van der Waals surface area contributed by atoms with E-state index in [-0.39, 0.29) is 5.91 Å². The summed E-state index contributed by atoms with van der Waals surface area (Å²) in [6.07, 6.45) is 6.41. The predicted molar refractivity (Wildman–Crippen MR) is 111 cm³/mol. The number of amides is 1. The van der Waals surface area contributed by atoms with Gasteiger partial charge in [-0.2, -0.15) is 5.10 Å². The third-order valence-electron chi connectivity index (χ3n) is 6.19. The molecule has 1 N–H and O–H groups in total. The number of likely N-dealkylation sites (N-methyl/N-ethyl adjacent to an activating group) is 1. The molecule has 2 bridgehead atoms. The summed E-state index contributed by atoms with van der Waals surface area (Å²) in [6.45, 7) is 5.28. The Labute approximate surface area is 167 Å². The number of nitrogens with zero attached hydrogens (tertiary/aromatic N) is 4. The van der Waals surface area contributed by atoms with Gasteiger partial charge >= 0.3 is 0 Å². The molecule has 1 amide bonds. The minimum atomic E-state index is 0.0285. The second-order valence-electron chi connectivity index (χ2n) is 8.07. The highest BCUT2D eigenvalue weighted by atomic mass is 16.2. The van der Waals surface area contributed by atoms with Crippen molar-refractivity contribution in [2.45, 2.75) is 57.8 Å². The summed E-state index contributed by atoms with van der Waals surface area (Å²) in [5.74, 6) is 0.0285. The molecular weight excluding hydrogens is 350 g/mol. The Bertz CT molecular complexity index is 817. The minimum Gasteiger partial charge on any atom is -0.385 e. The standard InChI is InChI=1S/C22H31N5O/c1-3-13-27-14-11-21(24-27)22(28)26-15-17-6-4-5-7-20(17)23-12-10-18-8-9-19(16-26)25(18)2/h4-7,11,14,18-19,23H,3,8-10,12-13,15-16H2,1-2H3/t18-,19+/m0/s1. The van der Waals surface area contributed by atoms with Gasteiger partial charge in [-0.3, -0.25) is 14.4 Å². The van der Waals surface area contributed by atoms with Gasteiger partial charge in [-0.25, -0.2) is 0 Å². The van der Waals surface area contributed by atoms with E-state index in [1.807, 2.05) is 21.8 Å². The van der Waals surface area contributed by atoms with Gasteiger partial charge in [0.25, 0.3) is 5.91 Å². The highest BCUT2D eigenvalue weighted by Crippen LogP contribution is 2.28. The third-order valence-corrected chi connectivity index (χ3v) is 6.19. The third kappa shape index (κ3) is 3.92. The minimum absolute atomic E-state index is 0.0285. The zero-order valence-electron chi connectivity index (χ0n) is 17.0. The molecule has 1 fully saturated rings. The molecule has 1 aromatic carbocycles. The van der Waals surface area contributed by atoms with Crippen LogP contribution in [0.25, 0.3) is 0 Å². The number of hydrogen-bond acceptors (Lipinski definition) is 4. The van der Waals surface area contributed by atoms with Crippen LogP contribution in [0.15, 0.2) is 36.5 Å². The lowest BCUT2D eigenvalue weighted by atomic mass is 10.1. The quantitative estimate of drug-likeness (QED) is 0.887. The van der Waals surface area contributed by atoms with Crippen molar-refractivity contribution in [3.63, 3.8) is 0 Å². The van der Waals surface area contributed by atoms with Crippen molar-refractivity contribution in [1.82, 2.24) is 19.6 Å². The molecule has 28 heavy (non-hydrogen) atoms. The van der Waals surface area contributed by atoms with Gasteiger partial charge in [0.05, 0.1) is 0 Å². The van der Waals surface area contributed by atoms with Crippen LogP contribution in [-0.2, 0) is 13.1 Å². The van der Waals surface area contributed by atoms with Gasteiger partial charge in [-0.15, -0.1) is 0 Å². The number of carbonyl (C=O) groups is 1. The fourth-order valence-corrected chi connectivity index (χ4v) is 4.53. The molecule has 1 saturated heterocycles. The molecule has 6 heteroatoms. The summed E-state index contributed by atoms with van der Waals surface area (Å²) in [7, 11) is 2.21. The first-order valence-corrected chi connectivity index (χ1v) is 10.5. The molecule has 0 spiro atoms. The zero-order valence-corrected chi connectivity index (χ0v) is 17.0. The van der Waals surface area contributed by atoms with Gasteiger partial charge < -0.3 is 10.2 Å². The van der Waals surface area contributed by atoms with E-state index >= 15 is 0 Å². The maximum Gasteiger partial charge on any atom is 0.274 e. The van der Waals surface area contributed by atoms with Crippen LogP contribution in [0.3, 0.4) is 0 Å². The number of carbonyl (C=O) groups excluding carboxylic acids is 1. The monoisotopic (exact) mass is 381 g/mol. The summed E-state index contributed by atoms with van der Waals surface area (Å²) < 4.78 is 1.87. The van der Waals surface area contributed by atoms with Gasteiger partial charge in [0.1, 0.15) is 5.69 Å². The number of rotatable bonds is 3. The fourth-order valence-electron chi connectivity index (χ4n) is 4.53. The van der Waals surface area contributed by atoms with Crippen LogP contribution < -0.4 is 5.32 Å². The SMILES string of the molecule is CCCn1ccc(C(=O)N2Cc3ccccc3NCC[C@@H]3CC[C@H](C2)N3C)n1. The second kappa shape index (κ2) is 8.35. The molecule has 150 valence electrons. The second-order valence-corrected chi connectivity index (χ2v) is 8.07. The Hall–Kier alpha value is -2.34. The lowest BCUT2D eigenvalue weighted by molar-refractivity contribution is 0.0682. The summed E-state index contributed by atoms with van der Waals surface area (Å²) >= 11 is 0. The van der Waals surface area contributed by atoms with E-state index in [4.69, 9.17) is 0 Å². The smallest absolute Gasteiger partial charge is 0.274 e. The molecule has 6 nitrogen and oxygen atoms in total. The van der Waals surface area contributed by atoms with Gasteiger partial charge in [-0.05, 0) is 50.4 Å². The van der Waals surface area contributed by atoms with Crippen molar-refractivity contribution in [1.29, 1.82) is 0 Å². The summed E-state index contributed by atoms with van der Waals surface area (Å²) in [5, 5.41) is 8.12. The molecule has 2 atom stereocenters. The molecule has 0 unspecified atom stereocenters. The number of nitrogens with one attached hydrogen (secondary N) is 1. The number of fused-ring (bicyclic) bond motifs is 3. The highest BCUT2D eigenvalue weighted by molar-refractivity contribution is 5.92. The molecule has 2 aliphatic heterocycles. The van der Waals surface area contributed by atoms with Crippen molar-refractivity contribution in [3.8, 4) is 0 Å². The van der Waals surface area contributed by atoms with Crippen molar-refractivity contribution >= 4 is 11.6 Å². The number of aryl methyl sites for hydroxylation is 1. The zero-order chi connectivity index (χ0) is 19.5. The number of aromatic nitrogens is 2. The Kier molecular flexibility index (Phi) is 5.67. The first-order chi connectivity index (χ1) is 13.7. The van der Waals surface area contributed by atoms with Crippen LogP contribution in [-0.4, -0.2) is 57.7 Å². The van der Waals surface area contributed by atoms with Crippen molar-refractivity contribution < 1.29 is 4.79 Å². The van der Waals surface area contributed by atoms with Crippen LogP contribution in [0.1, 0.15) is 48.7 Å². The molecule has 0 aliphatic carbocycles. The van der Waals surface area contributed by atoms with Gasteiger partial charge in [0, 0.05) is 50.1 Å². The largest absolute Gasteiger partial charge is 0.385 e. The maximum atomic E-state index is 13.4. The van der Waals surface area contributed by atoms with Gasteiger partial charge in [0.2, 0.25) is 0 Å². The Balaban J connectivity index is 1.63. The fraction of sp³-hybridized carbons (Fsp3) is 0.545. The highest BCUT2D eigenvalue weighted by Gasteiger charge is 2.33. The predicted octanol–water partition coefficient (Wildman–Crippen LogP) is 3.21. The summed E-state index contributed by atoms with van der Waals surface area (Å²) in [5.41, 5.74) is 2.85. The Morgan fingerprint density at radius 3 is 2.86 bits per heavy atom. The molecule has 1 aromatic heterocycles. The normalized spacial score (nSPS) is 23.0. The summed E-state index contributed by atoms with van der Waals surface area (Å²) in [4.78, 5) is 17.8. The topological polar surface area (TPSA) is 53.4 Å². The van der Waals surface area contributed by atoms with Crippen LogP contribution in [0.4, 0.5) is 5.69 Å². The average Bonchev–Trinajstić information content (AvgIpc) is 3.29. The van der Waals surface area contributed by atoms with E-state index in [1.165, 1.54) is 12.0 Å². The molecular formula is C22H31N5O. The lowest BCUT2D eigenvalue weighted by Gasteiger charge is -2.30. The molecule has 0 radical (unpaired) electrons.